The fraction of sp³-hybridized carbons (Fsp3) is 0.667. The van der Waals surface area contributed by atoms with Gasteiger partial charge in [0.2, 0.25) is 0 Å². The van der Waals surface area contributed by atoms with E-state index >= 15 is 0 Å². The fourth-order valence-corrected chi connectivity index (χ4v) is 0. The molecule has 0 amide bonds. The summed E-state index contributed by atoms with van der Waals surface area (Å²) < 4.78 is 0. The topological polar surface area (TPSA) is 80.3 Å². The number of carboxylic acids is 2. The van der Waals surface area contributed by atoms with E-state index in [1.54, 1.807) is 0 Å². The van der Waals surface area contributed by atoms with Crippen molar-refractivity contribution in [3.63, 3.8) is 0 Å². The summed E-state index contributed by atoms with van der Waals surface area (Å²) >= 11 is 0. The first kappa shape index (κ1) is 43.1. The van der Waals surface area contributed by atoms with Crippen LogP contribution in [0.4, 0.5) is 0 Å². The molecule has 0 saturated heterocycles. The van der Waals surface area contributed by atoms with E-state index in [0.717, 1.165) is 0 Å². The van der Waals surface area contributed by atoms with Gasteiger partial charge in [-0.25, -0.2) is 0 Å². The maximum atomic E-state index is 9.26. The average Bonchev–Trinajstić information content (AvgIpc) is 1.89. The number of hydrogen-bond acceptors (Lipinski definition) is 4. The van der Waals surface area contributed by atoms with Gasteiger partial charge in [-0.2, -0.15) is 0 Å². The molecule has 0 spiro atoms. The zero-order chi connectivity index (χ0) is 8.57. The summed E-state index contributed by atoms with van der Waals surface area (Å²) in [5.41, 5.74) is 0. The third-order valence-electron chi connectivity index (χ3n) is 0.577. The molecule has 0 aromatic carbocycles. The SMILES string of the molecule is CCC(=O)[O-].CCC(=O)[O-].[Ca+2].[Cl-].[Cl-].[Na+].[Na+]. The van der Waals surface area contributed by atoms with Gasteiger partial charge in [-0.3, -0.25) is 0 Å². The molecule has 0 radical (unpaired) electrons. The number of hydrogen-bond donors (Lipinski definition) is 0. The van der Waals surface area contributed by atoms with Crippen molar-refractivity contribution in [3.05, 3.63) is 0 Å². The van der Waals surface area contributed by atoms with Crippen molar-refractivity contribution in [2.45, 2.75) is 26.7 Å². The first-order valence-corrected chi connectivity index (χ1v) is 2.94. The van der Waals surface area contributed by atoms with Gasteiger partial charge in [0, 0.05) is 11.9 Å². The van der Waals surface area contributed by atoms with Crippen LogP contribution >= 0.6 is 0 Å². The minimum atomic E-state index is -0.995. The molecule has 0 fully saturated rings. The van der Waals surface area contributed by atoms with Crippen LogP contribution in [0.25, 0.3) is 0 Å². The minimum Gasteiger partial charge on any atom is -1.00 e. The predicted octanol–water partition coefficient (Wildman–Crippen LogP) is -14.1. The third kappa shape index (κ3) is 79.7. The number of halogens is 2. The quantitative estimate of drug-likeness (QED) is 0.475. The zero-order valence-corrected chi connectivity index (χ0v) is 17.2. The first-order valence-electron chi connectivity index (χ1n) is 2.94. The molecule has 0 rings (SSSR count). The summed E-state index contributed by atoms with van der Waals surface area (Å²) in [4.78, 5) is 18.5. The smallest absolute Gasteiger partial charge is 1.00 e. The molecule has 4 nitrogen and oxygen atoms in total. The minimum absolute atomic E-state index is 0. The Morgan fingerprint density at radius 2 is 0.933 bits per heavy atom. The van der Waals surface area contributed by atoms with Crippen LogP contribution in [0.3, 0.4) is 0 Å². The molecule has 0 atom stereocenters. The summed E-state index contributed by atoms with van der Waals surface area (Å²) in [6, 6.07) is 0. The Labute approximate surface area is 177 Å². The molecule has 0 aliphatic carbocycles. The van der Waals surface area contributed by atoms with Crippen LogP contribution in [0.2, 0.25) is 0 Å². The summed E-state index contributed by atoms with van der Waals surface area (Å²) in [6.07, 6.45) is 0.222. The number of rotatable bonds is 2. The van der Waals surface area contributed by atoms with Gasteiger partial charge in [0.25, 0.3) is 0 Å². The molecule has 0 bridgehead atoms. The van der Waals surface area contributed by atoms with Gasteiger partial charge < -0.3 is 44.6 Å². The van der Waals surface area contributed by atoms with Crippen LogP contribution < -0.4 is 94.1 Å². The van der Waals surface area contributed by atoms with E-state index < -0.39 is 11.9 Å². The van der Waals surface area contributed by atoms with E-state index in [9.17, 15) is 19.8 Å². The van der Waals surface area contributed by atoms with Crippen molar-refractivity contribution >= 4 is 49.7 Å². The van der Waals surface area contributed by atoms with E-state index in [-0.39, 0.29) is 135 Å². The molecule has 0 aliphatic heterocycles. The molecule has 15 heavy (non-hydrogen) atoms. The Kier molecular flexibility index (Phi) is 103. The molecule has 0 saturated carbocycles. The van der Waals surface area contributed by atoms with Gasteiger partial charge in [0.15, 0.2) is 0 Å². The standard InChI is InChI=1S/2C3H6O2.Ca.2ClH.2Na/c2*1-2-3(4)5;;;;;/h2*2H2,1H3,(H,4,5);;2*1H;;/q;;+2;;;2*+1/p-4. The van der Waals surface area contributed by atoms with Gasteiger partial charge >= 0.3 is 96.9 Å². The normalized spacial score (nSPS) is 4.93. The van der Waals surface area contributed by atoms with Crippen molar-refractivity contribution in [1.82, 2.24) is 0 Å². The van der Waals surface area contributed by atoms with E-state index in [4.69, 9.17) is 0 Å². The van der Waals surface area contributed by atoms with Crippen LogP contribution in [-0.2, 0) is 9.59 Å². The van der Waals surface area contributed by atoms with Crippen LogP contribution in [0.1, 0.15) is 26.7 Å². The van der Waals surface area contributed by atoms with Crippen molar-refractivity contribution < 1.29 is 104 Å². The van der Waals surface area contributed by atoms with E-state index in [2.05, 4.69) is 0 Å². The zero-order valence-electron chi connectivity index (χ0n) is 9.51. The van der Waals surface area contributed by atoms with Gasteiger partial charge in [-0.1, -0.05) is 13.8 Å². The number of carbonyl (C=O) groups is 2. The Morgan fingerprint density at radius 3 is 0.933 bits per heavy atom. The molecule has 0 heterocycles. The van der Waals surface area contributed by atoms with Gasteiger partial charge in [0.1, 0.15) is 0 Å². The van der Waals surface area contributed by atoms with Crippen molar-refractivity contribution in [2.24, 2.45) is 0 Å². The summed E-state index contributed by atoms with van der Waals surface area (Å²) in [6.45, 7) is 3.07. The van der Waals surface area contributed by atoms with E-state index in [1.165, 1.54) is 13.8 Å². The fourth-order valence-electron chi connectivity index (χ4n) is 0. The van der Waals surface area contributed by atoms with Gasteiger partial charge in [-0.15, -0.1) is 0 Å². The Balaban J connectivity index is -0.0000000128. The van der Waals surface area contributed by atoms with Crippen molar-refractivity contribution in [1.29, 1.82) is 0 Å². The van der Waals surface area contributed by atoms with Crippen LogP contribution in [0.15, 0.2) is 0 Å². The Bertz CT molecular complexity index is 116. The summed E-state index contributed by atoms with van der Waals surface area (Å²) in [5, 5.41) is 18.5. The summed E-state index contributed by atoms with van der Waals surface area (Å²) in [7, 11) is 0. The first-order chi connectivity index (χ1) is 4.54. The van der Waals surface area contributed by atoms with E-state index in [1.807, 2.05) is 0 Å². The Morgan fingerprint density at radius 1 is 0.867 bits per heavy atom. The van der Waals surface area contributed by atoms with Crippen LogP contribution in [0.5, 0.6) is 0 Å². The van der Waals surface area contributed by atoms with Crippen LogP contribution in [0, 0.1) is 0 Å². The maximum Gasteiger partial charge on any atom is 2.00 e. The van der Waals surface area contributed by atoms with Crippen molar-refractivity contribution in [2.75, 3.05) is 0 Å². The molecule has 9 heteroatoms. The monoisotopic (exact) mass is 302 g/mol. The predicted molar refractivity (Wildman–Crippen MR) is 36.4 cm³/mol. The second-order valence-electron chi connectivity index (χ2n) is 1.45. The second kappa shape index (κ2) is 36.0. The maximum absolute atomic E-state index is 9.26. The number of carboxylic acid groups (broad SMARTS) is 2. The van der Waals surface area contributed by atoms with Crippen molar-refractivity contribution in [3.8, 4) is 0 Å². The van der Waals surface area contributed by atoms with E-state index in [0.29, 0.717) is 0 Å². The molecule has 0 unspecified atom stereocenters. The van der Waals surface area contributed by atoms with Crippen LogP contribution in [-0.4, -0.2) is 49.7 Å². The molecule has 0 aromatic rings. The summed E-state index contributed by atoms with van der Waals surface area (Å²) in [5.74, 6) is -1.99. The Hall–Kier alpha value is 2.78. The van der Waals surface area contributed by atoms with Gasteiger partial charge in [0.05, 0.1) is 0 Å². The average molecular weight is 303 g/mol. The largest absolute Gasteiger partial charge is 2.00 e. The molecule has 76 valence electrons. The molecule has 0 aromatic heterocycles. The molecular formula is C6H10CaCl2Na2O4. The number of carbonyl (C=O) groups excluding carboxylic acids is 2. The molecule has 0 N–H and O–H groups in total. The third-order valence-corrected chi connectivity index (χ3v) is 0.577. The van der Waals surface area contributed by atoms with Gasteiger partial charge in [-0.05, 0) is 12.8 Å². The molecule has 0 aliphatic rings. The molecular weight excluding hydrogens is 293 g/mol. The number of aliphatic carboxylic acids is 2. The second-order valence-corrected chi connectivity index (χ2v) is 1.45.